The van der Waals surface area contributed by atoms with Crippen LogP contribution in [0, 0.1) is 5.41 Å². The molecule has 0 spiro atoms. The van der Waals surface area contributed by atoms with Crippen molar-refractivity contribution in [1.82, 2.24) is 10.2 Å². The summed E-state index contributed by atoms with van der Waals surface area (Å²) in [5.74, 6) is 0.853. The van der Waals surface area contributed by atoms with Crippen molar-refractivity contribution in [2.75, 3.05) is 25.5 Å². The molecule has 0 saturated carbocycles. The summed E-state index contributed by atoms with van der Waals surface area (Å²) >= 11 is 0. The van der Waals surface area contributed by atoms with Crippen LogP contribution in [0.25, 0.3) is 0 Å². The molecular formula is C21H33IN4O2. The van der Waals surface area contributed by atoms with Crippen LogP contribution >= 0.6 is 24.0 Å². The fraction of sp³-hybridized carbons (Fsp3) is 0.619. The van der Waals surface area contributed by atoms with Gasteiger partial charge in [-0.15, -0.1) is 24.0 Å². The zero-order valence-corrected chi connectivity index (χ0v) is 19.9. The highest BCUT2D eigenvalue weighted by molar-refractivity contribution is 14.0. The number of aliphatic imine (C=N–C) groups is 1. The SMILES string of the molecule is CN=C(NCc1cccc(NC(=O)C2CCCO2)c1)N1CC(C)(C)C1(C)C.I. The lowest BCUT2D eigenvalue weighted by molar-refractivity contribution is -0.124. The third-order valence-corrected chi connectivity index (χ3v) is 6.22. The van der Waals surface area contributed by atoms with Gasteiger partial charge < -0.3 is 20.3 Å². The summed E-state index contributed by atoms with van der Waals surface area (Å²) in [4.78, 5) is 19.0. The van der Waals surface area contributed by atoms with E-state index in [0.717, 1.165) is 36.6 Å². The molecule has 6 nitrogen and oxygen atoms in total. The average molecular weight is 500 g/mol. The molecule has 0 radical (unpaired) electrons. The number of likely N-dealkylation sites (tertiary alicyclic amines) is 1. The Balaban J connectivity index is 0.00000280. The Morgan fingerprint density at radius 3 is 2.64 bits per heavy atom. The fourth-order valence-electron chi connectivity index (χ4n) is 3.64. The van der Waals surface area contributed by atoms with Crippen molar-refractivity contribution in [3.63, 3.8) is 0 Å². The van der Waals surface area contributed by atoms with Crippen molar-refractivity contribution < 1.29 is 9.53 Å². The third kappa shape index (κ3) is 4.62. The maximum atomic E-state index is 12.2. The molecule has 2 saturated heterocycles. The minimum absolute atomic E-state index is 0. The van der Waals surface area contributed by atoms with Gasteiger partial charge in [-0.3, -0.25) is 9.79 Å². The molecule has 0 bridgehead atoms. The van der Waals surface area contributed by atoms with E-state index in [1.165, 1.54) is 0 Å². The summed E-state index contributed by atoms with van der Waals surface area (Å²) in [6.07, 6.45) is 1.43. The summed E-state index contributed by atoms with van der Waals surface area (Å²) < 4.78 is 5.45. The molecule has 7 heteroatoms. The monoisotopic (exact) mass is 500 g/mol. The van der Waals surface area contributed by atoms with Gasteiger partial charge in [0.1, 0.15) is 6.10 Å². The molecule has 2 heterocycles. The number of carbonyl (C=O) groups excluding carboxylic acids is 1. The first-order valence-electron chi connectivity index (χ1n) is 9.74. The molecule has 156 valence electrons. The number of nitrogens with zero attached hydrogens (tertiary/aromatic N) is 2. The number of halogens is 1. The topological polar surface area (TPSA) is 66.0 Å². The first kappa shape index (κ1) is 22.9. The van der Waals surface area contributed by atoms with Gasteiger partial charge in [0.2, 0.25) is 0 Å². The van der Waals surface area contributed by atoms with E-state index in [-0.39, 0.29) is 46.9 Å². The highest BCUT2D eigenvalue weighted by atomic mass is 127. The van der Waals surface area contributed by atoms with Crippen molar-refractivity contribution in [2.24, 2.45) is 10.4 Å². The third-order valence-electron chi connectivity index (χ3n) is 6.22. The second kappa shape index (κ2) is 8.98. The second-order valence-corrected chi connectivity index (χ2v) is 8.62. The predicted octanol–water partition coefficient (Wildman–Crippen LogP) is 3.62. The lowest BCUT2D eigenvalue weighted by atomic mass is 9.65. The van der Waals surface area contributed by atoms with E-state index >= 15 is 0 Å². The van der Waals surface area contributed by atoms with Crippen LogP contribution in [0.1, 0.15) is 46.1 Å². The average Bonchev–Trinajstić information content (AvgIpc) is 3.16. The maximum absolute atomic E-state index is 12.2. The van der Waals surface area contributed by atoms with Crippen LogP contribution in [-0.4, -0.2) is 48.6 Å². The summed E-state index contributed by atoms with van der Waals surface area (Å²) in [6.45, 7) is 11.4. The summed E-state index contributed by atoms with van der Waals surface area (Å²) in [5.41, 5.74) is 2.22. The Hall–Kier alpha value is -1.35. The van der Waals surface area contributed by atoms with Crippen LogP contribution in [0.15, 0.2) is 29.3 Å². The fourth-order valence-corrected chi connectivity index (χ4v) is 3.64. The molecule has 1 aromatic rings. The number of nitrogens with one attached hydrogen (secondary N) is 2. The largest absolute Gasteiger partial charge is 0.368 e. The van der Waals surface area contributed by atoms with Gasteiger partial charge in [0.05, 0.1) is 0 Å². The molecule has 1 aromatic carbocycles. The molecule has 1 amide bonds. The van der Waals surface area contributed by atoms with Gasteiger partial charge >= 0.3 is 0 Å². The Labute approximate surface area is 185 Å². The number of guanidine groups is 1. The Morgan fingerprint density at radius 1 is 1.32 bits per heavy atom. The second-order valence-electron chi connectivity index (χ2n) is 8.62. The smallest absolute Gasteiger partial charge is 0.253 e. The minimum Gasteiger partial charge on any atom is -0.368 e. The standard InChI is InChI=1S/C21H32N4O2.HI/c1-20(2)14-25(21(20,3)4)19(22-5)23-13-15-8-6-9-16(12-15)24-18(26)17-10-7-11-27-17;/h6,8-9,12,17H,7,10-11,13-14H2,1-5H3,(H,22,23)(H,24,26);1H. The van der Waals surface area contributed by atoms with E-state index in [9.17, 15) is 4.79 Å². The van der Waals surface area contributed by atoms with Crippen LogP contribution < -0.4 is 10.6 Å². The Morgan fingerprint density at radius 2 is 2.07 bits per heavy atom. The van der Waals surface area contributed by atoms with Gasteiger partial charge in [-0.1, -0.05) is 26.0 Å². The highest BCUT2D eigenvalue weighted by Gasteiger charge is 2.53. The van der Waals surface area contributed by atoms with Gasteiger partial charge in [-0.25, -0.2) is 0 Å². The van der Waals surface area contributed by atoms with Crippen LogP contribution in [0.2, 0.25) is 0 Å². The van der Waals surface area contributed by atoms with Crippen LogP contribution in [0.3, 0.4) is 0 Å². The highest BCUT2D eigenvalue weighted by Crippen LogP contribution is 2.46. The number of ether oxygens (including phenoxy) is 1. The van der Waals surface area contributed by atoms with Crippen molar-refractivity contribution in [3.05, 3.63) is 29.8 Å². The quantitative estimate of drug-likeness (QED) is 0.377. The molecule has 3 rings (SSSR count). The van der Waals surface area contributed by atoms with Crippen LogP contribution in [0.5, 0.6) is 0 Å². The summed E-state index contributed by atoms with van der Waals surface area (Å²) in [7, 11) is 1.82. The molecule has 1 atom stereocenters. The maximum Gasteiger partial charge on any atom is 0.253 e. The first-order valence-corrected chi connectivity index (χ1v) is 9.74. The zero-order chi connectivity index (χ0) is 19.7. The van der Waals surface area contributed by atoms with E-state index in [0.29, 0.717) is 13.2 Å². The van der Waals surface area contributed by atoms with E-state index in [1.807, 2.05) is 31.3 Å². The Kier molecular flexibility index (Phi) is 7.36. The van der Waals surface area contributed by atoms with Crippen molar-refractivity contribution >= 4 is 41.5 Å². The van der Waals surface area contributed by atoms with Crippen LogP contribution in [-0.2, 0) is 16.1 Å². The summed E-state index contributed by atoms with van der Waals surface area (Å²) in [5, 5.41) is 6.42. The molecular weight excluding hydrogens is 467 g/mol. The van der Waals surface area contributed by atoms with Gasteiger partial charge in [-0.05, 0) is 44.4 Å². The van der Waals surface area contributed by atoms with Crippen molar-refractivity contribution in [2.45, 2.75) is 58.7 Å². The number of hydrogen-bond donors (Lipinski definition) is 2. The number of rotatable bonds is 4. The van der Waals surface area contributed by atoms with Gasteiger partial charge in [0.15, 0.2) is 5.96 Å². The predicted molar refractivity (Wildman–Crippen MR) is 124 cm³/mol. The van der Waals surface area contributed by atoms with E-state index < -0.39 is 0 Å². The van der Waals surface area contributed by atoms with E-state index in [1.54, 1.807) is 0 Å². The van der Waals surface area contributed by atoms with Crippen molar-refractivity contribution in [1.29, 1.82) is 0 Å². The molecule has 2 fully saturated rings. The van der Waals surface area contributed by atoms with E-state index in [4.69, 9.17) is 4.74 Å². The van der Waals surface area contributed by atoms with E-state index in [2.05, 4.69) is 48.2 Å². The normalized spacial score (nSPS) is 22.8. The lowest BCUT2D eigenvalue weighted by Gasteiger charge is -2.62. The number of carbonyl (C=O) groups is 1. The minimum atomic E-state index is -0.317. The number of amides is 1. The molecule has 2 N–H and O–H groups in total. The van der Waals surface area contributed by atoms with Gasteiger partial charge in [0, 0.05) is 43.4 Å². The first-order chi connectivity index (χ1) is 12.7. The zero-order valence-electron chi connectivity index (χ0n) is 17.5. The number of benzene rings is 1. The molecule has 2 aliphatic rings. The van der Waals surface area contributed by atoms with Crippen molar-refractivity contribution in [3.8, 4) is 0 Å². The summed E-state index contributed by atoms with van der Waals surface area (Å²) in [6, 6.07) is 7.92. The molecule has 1 unspecified atom stereocenters. The van der Waals surface area contributed by atoms with Gasteiger partial charge in [0.25, 0.3) is 5.91 Å². The number of anilines is 1. The van der Waals surface area contributed by atoms with Crippen LogP contribution in [0.4, 0.5) is 5.69 Å². The Bertz CT molecular complexity index is 727. The van der Waals surface area contributed by atoms with Gasteiger partial charge in [-0.2, -0.15) is 0 Å². The lowest BCUT2D eigenvalue weighted by Crippen LogP contribution is -2.72. The number of hydrogen-bond acceptors (Lipinski definition) is 3. The molecule has 28 heavy (non-hydrogen) atoms. The molecule has 2 aliphatic heterocycles. The molecule has 0 aliphatic carbocycles. The molecule has 0 aromatic heterocycles.